The van der Waals surface area contributed by atoms with Crippen molar-refractivity contribution in [1.29, 1.82) is 0 Å². The third-order valence-corrected chi connectivity index (χ3v) is 6.49. The maximum Gasteiger partial charge on any atom is 0.245 e. The van der Waals surface area contributed by atoms with Gasteiger partial charge in [0.2, 0.25) is 11.8 Å². The molecule has 9 heteroatoms. The van der Waals surface area contributed by atoms with Crippen LogP contribution in [0.3, 0.4) is 0 Å². The Bertz CT molecular complexity index is 986. The summed E-state index contributed by atoms with van der Waals surface area (Å²) in [6.07, 6.45) is 1.99. The molecule has 0 radical (unpaired) electrons. The minimum atomic E-state index is -3.85. The van der Waals surface area contributed by atoms with Crippen molar-refractivity contribution in [3.63, 3.8) is 0 Å². The van der Waals surface area contributed by atoms with E-state index in [0.717, 1.165) is 12.8 Å². The Morgan fingerprint density at radius 2 is 1.74 bits per heavy atom. The van der Waals surface area contributed by atoms with Gasteiger partial charge < -0.3 is 20.1 Å². The van der Waals surface area contributed by atoms with Gasteiger partial charge in [-0.25, -0.2) is 8.42 Å². The van der Waals surface area contributed by atoms with E-state index < -0.39 is 39.7 Å². The minimum Gasteiger partial charge on any atom is -0.457 e. The van der Waals surface area contributed by atoms with Gasteiger partial charge in [-0.2, -0.15) is 0 Å². The lowest BCUT2D eigenvalue weighted by molar-refractivity contribution is -0.131. The molecule has 3 rings (SSSR count). The summed E-state index contributed by atoms with van der Waals surface area (Å²) in [5.41, 5.74) is 0. The molecule has 2 atom stereocenters. The van der Waals surface area contributed by atoms with Crippen LogP contribution in [0.4, 0.5) is 0 Å². The molecule has 0 spiro atoms. The van der Waals surface area contributed by atoms with E-state index in [1.807, 2.05) is 18.2 Å². The number of nitrogens with one attached hydrogen (secondary N) is 2. The summed E-state index contributed by atoms with van der Waals surface area (Å²) in [7, 11) is -3.85. The lowest BCUT2D eigenvalue weighted by Gasteiger charge is -2.26. The average molecular weight is 447 g/mol. The molecule has 1 heterocycles. The number of amides is 2. The normalized spacial score (nSPS) is 17.4. The van der Waals surface area contributed by atoms with Crippen molar-refractivity contribution in [3.8, 4) is 11.5 Å². The van der Waals surface area contributed by atoms with Crippen LogP contribution in [0, 0.1) is 0 Å². The summed E-state index contributed by atoms with van der Waals surface area (Å²) in [5.74, 6) is -0.535. The molecule has 1 unspecified atom stereocenters. The Morgan fingerprint density at radius 1 is 1.06 bits per heavy atom. The summed E-state index contributed by atoms with van der Waals surface area (Å²) >= 11 is 0. The second-order valence-corrected chi connectivity index (χ2v) is 9.32. The molecule has 2 amide bonds. The van der Waals surface area contributed by atoms with Crippen LogP contribution in [-0.2, 0) is 24.2 Å². The van der Waals surface area contributed by atoms with Gasteiger partial charge in [-0.1, -0.05) is 18.2 Å². The SMILES string of the molecule is CC(=O)N[C@@H](CS(=O)(=O)c1ccc(Oc2ccccc2)cc1)C(=O)NC1CCCCO1. The number of benzene rings is 2. The zero-order valence-electron chi connectivity index (χ0n) is 17.2. The summed E-state index contributed by atoms with van der Waals surface area (Å²) in [6, 6.07) is 13.8. The maximum absolute atomic E-state index is 12.9. The predicted octanol–water partition coefficient (Wildman–Crippen LogP) is 2.40. The van der Waals surface area contributed by atoms with E-state index in [2.05, 4.69) is 10.6 Å². The smallest absolute Gasteiger partial charge is 0.245 e. The topological polar surface area (TPSA) is 111 Å². The van der Waals surface area contributed by atoms with E-state index >= 15 is 0 Å². The van der Waals surface area contributed by atoms with Crippen molar-refractivity contribution < 1.29 is 27.5 Å². The molecule has 1 aliphatic heterocycles. The molecule has 1 saturated heterocycles. The number of sulfone groups is 1. The van der Waals surface area contributed by atoms with Crippen molar-refractivity contribution in [2.45, 2.75) is 43.4 Å². The van der Waals surface area contributed by atoms with E-state index in [1.165, 1.54) is 19.1 Å². The molecular weight excluding hydrogens is 420 g/mol. The first kappa shape index (κ1) is 22.8. The first-order chi connectivity index (χ1) is 14.8. The number of ether oxygens (including phenoxy) is 2. The molecule has 8 nitrogen and oxygen atoms in total. The largest absolute Gasteiger partial charge is 0.457 e. The van der Waals surface area contributed by atoms with E-state index in [9.17, 15) is 18.0 Å². The average Bonchev–Trinajstić information content (AvgIpc) is 2.74. The van der Waals surface area contributed by atoms with Gasteiger partial charge in [0.25, 0.3) is 0 Å². The monoisotopic (exact) mass is 446 g/mol. The third kappa shape index (κ3) is 6.80. The lowest BCUT2D eigenvalue weighted by atomic mass is 10.2. The molecule has 0 aromatic heterocycles. The summed E-state index contributed by atoms with van der Waals surface area (Å²) in [6.45, 7) is 1.77. The summed E-state index contributed by atoms with van der Waals surface area (Å²) < 4.78 is 36.9. The van der Waals surface area contributed by atoms with Crippen LogP contribution in [0.15, 0.2) is 59.5 Å². The molecule has 1 aliphatic rings. The standard InChI is InChI=1S/C22H26N2O6S/c1-16(25)23-20(22(26)24-21-9-5-6-14-29-21)15-31(27,28)19-12-10-18(11-13-19)30-17-7-3-2-4-8-17/h2-4,7-8,10-13,20-21H,5-6,9,14-15H2,1H3,(H,23,25)(H,24,26)/t20-,21?/m0/s1. The fraction of sp³-hybridized carbons (Fsp3) is 0.364. The van der Waals surface area contributed by atoms with Gasteiger partial charge in [-0.3, -0.25) is 9.59 Å². The number of carbonyl (C=O) groups is 2. The molecule has 0 saturated carbocycles. The highest BCUT2D eigenvalue weighted by molar-refractivity contribution is 7.91. The highest BCUT2D eigenvalue weighted by Crippen LogP contribution is 2.23. The molecule has 31 heavy (non-hydrogen) atoms. The Labute approximate surface area is 181 Å². The molecule has 0 aliphatic carbocycles. The van der Waals surface area contributed by atoms with E-state index in [-0.39, 0.29) is 4.90 Å². The number of carbonyl (C=O) groups excluding carboxylic acids is 2. The van der Waals surface area contributed by atoms with Gasteiger partial charge in [0.05, 0.1) is 10.6 Å². The number of rotatable bonds is 8. The summed E-state index contributed by atoms with van der Waals surface area (Å²) in [4.78, 5) is 24.2. The molecule has 2 N–H and O–H groups in total. The second-order valence-electron chi connectivity index (χ2n) is 7.28. The van der Waals surface area contributed by atoms with Crippen LogP contribution < -0.4 is 15.4 Å². The zero-order valence-corrected chi connectivity index (χ0v) is 18.1. The van der Waals surface area contributed by atoms with Gasteiger partial charge in [-0.15, -0.1) is 0 Å². The van der Waals surface area contributed by atoms with Crippen LogP contribution >= 0.6 is 0 Å². The molecule has 1 fully saturated rings. The Hall–Kier alpha value is -2.91. The fourth-order valence-electron chi connectivity index (χ4n) is 3.20. The molecular formula is C22H26N2O6S. The van der Waals surface area contributed by atoms with Crippen LogP contribution in [-0.4, -0.2) is 44.9 Å². The molecule has 0 bridgehead atoms. The third-order valence-electron chi connectivity index (χ3n) is 4.72. The van der Waals surface area contributed by atoms with E-state index in [0.29, 0.717) is 24.5 Å². The minimum absolute atomic E-state index is 0.0324. The quantitative estimate of drug-likeness (QED) is 0.644. The lowest BCUT2D eigenvalue weighted by Crippen LogP contribution is -2.53. The van der Waals surface area contributed by atoms with Gasteiger partial charge in [0.15, 0.2) is 9.84 Å². The first-order valence-corrected chi connectivity index (χ1v) is 11.7. The molecule has 166 valence electrons. The van der Waals surface area contributed by atoms with E-state index in [1.54, 1.807) is 24.3 Å². The van der Waals surface area contributed by atoms with Crippen molar-refractivity contribution in [2.75, 3.05) is 12.4 Å². The number of hydrogen-bond donors (Lipinski definition) is 2. The van der Waals surface area contributed by atoms with Crippen molar-refractivity contribution in [2.24, 2.45) is 0 Å². The fourth-order valence-corrected chi connectivity index (χ4v) is 4.61. The van der Waals surface area contributed by atoms with Crippen molar-refractivity contribution >= 4 is 21.7 Å². The van der Waals surface area contributed by atoms with Crippen molar-refractivity contribution in [3.05, 3.63) is 54.6 Å². The number of hydrogen-bond acceptors (Lipinski definition) is 6. The maximum atomic E-state index is 12.9. The van der Waals surface area contributed by atoms with Crippen LogP contribution in [0.2, 0.25) is 0 Å². The molecule has 2 aromatic carbocycles. The Morgan fingerprint density at radius 3 is 2.35 bits per heavy atom. The predicted molar refractivity (Wildman–Crippen MR) is 114 cm³/mol. The molecule has 2 aromatic rings. The van der Waals surface area contributed by atoms with Crippen LogP contribution in [0.1, 0.15) is 26.2 Å². The highest BCUT2D eigenvalue weighted by Gasteiger charge is 2.29. The summed E-state index contributed by atoms with van der Waals surface area (Å²) in [5, 5.41) is 5.10. The van der Waals surface area contributed by atoms with Gasteiger partial charge in [-0.05, 0) is 55.7 Å². The highest BCUT2D eigenvalue weighted by atomic mass is 32.2. The Balaban J connectivity index is 1.68. The van der Waals surface area contributed by atoms with Crippen LogP contribution in [0.5, 0.6) is 11.5 Å². The number of para-hydroxylation sites is 1. The van der Waals surface area contributed by atoms with Gasteiger partial charge in [0, 0.05) is 13.5 Å². The van der Waals surface area contributed by atoms with Gasteiger partial charge in [0.1, 0.15) is 23.8 Å². The van der Waals surface area contributed by atoms with E-state index in [4.69, 9.17) is 9.47 Å². The van der Waals surface area contributed by atoms with Crippen LogP contribution in [0.25, 0.3) is 0 Å². The van der Waals surface area contributed by atoms with Gasteiger partial charge >= 0.3 is 0 Å². The zero-order chi connectivity index (χ0) is 22.3. The second kappa shape index (κ2) is 10.4. The Kier molecular flexibility index (Phi) is 7.64. The van der Waals surface area contributed by atoms with Crippen molar-refractivity contribution in [1.82, 2.24) is 10.6 Å². The first-order valence-electron chi connectivity index (χ1n) is 10.1.